The number of aliphatic carboxylic acids is 1. The molecule has 1 saturated carbocycles. The van der Waals surface area contributed by atoms with E-state index in [0.29, 0.717) is 46.0 Å². The number of carboxylic acid groups (broad SMARTS) is 1. The SMILES string of the molecule is CC(C)c1c(-c2ccc(F)c(F)c2)c2cc3cn[nH]c3cc2c(=O)n1C1CC(C(=O)O)C1. The maximum atomic E-state index is 14.2. The lowest BCUT2D eigenvalue weighted by molar-refractivity contribution is -0.146. The third-order valence-corrected chi connectivity index (χ3v) is 6.40. The zero-order valence-corrected chi connectivity index (χ0v) is 17.5. The number of benzene rings is 2. The van der Waals surface area contributed by atoms with Gasteiger partial charge in [-0.05, 0) is 54.0 Å². The van der Waals surface area contributed by atoms with Gasteiger partial charge in [-0.1, -0.05) is 19.9 Å². The molecule has 1 aliphatic rings. The van der Waals surface area contributed by atoms with E-state index < -0.39 is 23.5 Å². The molecule has 5 rings (SSSR count). The van der Waals surface area contributed by atoms with Gasteiger partial charge in [-0.2, -0.15) is 5.10 Å². The van der Waals surface area contributed by atoms with Crippen LogP contribution in [0.1, 0.15) is 44.3 Å². The van der Waals surface area contributed by atoms with Crippen LogP contribution in [0.4, 0.5) is 8.78 Å². The van der Waals surface area contributed by atoms with Crippen LogP contribution in [0.25, 0.3) is 32.8 Å². The summed E-state index contributed by atoms with van der Waals surface area (Å²) >= 11 is 0. The fraction of sp³-hybridized carbons (Fsp3) is 0.292. The predicted molar refractivity (Wildman–Crippen MR) is 117 cm³/mol. The first-order valence-electron chi connectivity index (χ1n) is 10.5. The summed E-state index contributed by atoms with van der Waals surface area (Å²) in [6.45, 7) is 3.87. The van der Waals surface area contributed by atoms with E-state index >= 15 is 0 Å². The summed E-state index contributed by atoms with van der Waals surface area (Å²) in [5, 5.41) is 18.1. The van der Waals surface area contributed by atoms with Crippen molar-refractivity contribution in [2.75, 3.05) is 0 Å². The van der Waals surface area contributed by atoms with Crippen molar-refractivity contribution < 1.29 is 18.7 Å². The number of fused-ring (bicyclic) bond motifs is 2. The highest BCUT2D eigenvalue weighted by Crippen LogP contribution is 2.43. The van der Waals surface area contributed by atoms with Crippen molar-refractivity contribution in [3.05, 3.63) is 64.2 Å². The van der Waals surface area contributed by atoms with Gasteiger partial charge in [-0.3, -0.25) is 14.7 Å². The van der Waals surface area contributed by atoms with Gasteiger partial charge in [0.2, 0.25) is 0 Å². The Balaban J connectivity index is 1.89. The second-order valence-corrected chi connectivity index (χ2v) is 8.73. The molecule has 0 bridgehead atoms. The van der Waals surface area contributed by atoms with E-state index in [-0.39, 0.29) is 17.5 Å². The second kappa shape index (κ2) is 7.25. The molecule has 0 atom stereocenters. The van der Waals surface area contributed by atoms with Crippen molar-refractivity contribution in [1.29, 1.82) is 0 Å². The molecule has 1 aliphatic carbocycles. The smallest absolute Gasteiger partial charge is 0.306 e. The van der Waals surface area contributed by atoms with Crippen molar-refractivity contribution in [3.8, 4) is 11.1 Å². The molecule has 2 aromatic heterocycles. The van der Waals surface area contributed by atoms with Gasteiger partial charge in [-0.25, -0.2) is 8.78 Å². The van der Waals surface area contributed by atoms with Gasteiger partial charge in [0.15, 0.2) is 11.6 Å². The van der Waals surface area contributed by atoms with Crippen LogP contribution in [0.5, 0.6) is 0 Å². The molecule has 0 aliphatic heterocycles. The van der Waals surface area contributed by atoms with Crippen LogP contribution in [0.3, 0.4) is 0 Å². The number of hydrogen-bond donors (Lipinski definition) is 2. The second-order valence-electron chi connectivity index (χ2n) is 8.73. The average molecular weight is 437 g/mol. The van der Waals surface area contributed by atoms with Crippen LogP contribution >= 0.6 is 0 Å². The minimum absolute atomic E-state index is 0.126. The molecule has 0 radical (unpaired) electrons. The Kier molecular flexibility index (Phi) is 4.62. The fourth-order valence-electron chi connectivity index (χ4n) is 4.76. The van der Waals surface area contributed by atoms with Crippen molar-refractivity contribution in [1.82, 2.24) is 14.8 Å². The highest BCUT2D eigenvalue weighted by molar-refractivity contribution is 6.04. The van der Waals surface area contributed by atoms with Gasteiger partial charge in [0.25, 0.3) is 5.56 Å². The number of carboxylic acids is 1. The van der Waals surface area contributed by atoms with E-state index in [1.165, 1.54) is 6.07 Å². The van der Waals surface area contributed by atoms with E-state index in [0.717, 1.165) is 17.5 Å². The number of pyridine rings is 1. The zero-order chi connectivity index (χ0) is 22.7. The number of H-pyrrole nitrogens is 1. The number of hydrogen-bond acceptors (Lipinski definition) is 3. The highest BCUT2D eigenvalue weighted by Gasteiger charge is 2.38. The summed E-state index contributed by atoms with van der Waals surface area (Å²) in [6, 6.07) is 7.02. The highest BCUT2D eigenvalue weighted by atomic mass is 19.2. The zero-order valence-electron chi connectivity index (χ0n) is 17.5. The number of aromatic nitrogens is 3. The quantitative estimate of drug-likeness (QED) is 0.471. The fourth-order valence-corrected chi connectivity index (χ4v) is 4.76. The Labute approximate surface area is 181 Å². The first-order valence-corrected chi connectivity index (χ1v) is 10.5. The normalized spacial score (nSPS) is 18.4. The lowest BCUT2D eigenvalue weighted by Crippen LogP contribution is -2.39. The Morgan fingerprint density at radius 1 is 1.16 bits per heavy atom. The Hall–Kier alpha value is -3.55. The van der Waals surface area contributed by atoms with Crippen molar-refractivity contribution in [2.24, 2.45) is 5.92 Å². The maximum absolute atomic E-state index is 14.2. The summed E-state index contributed by atoms with van der Waals surface area (Å²) in [5.41, 5.74) is 2.26. The first-order chi connectivity index (χ1) is 15.3. The molecule has 164 valence electrons. The summed E-state index contributed by atoms with van der Waals surface area (Å²) in [5.74, 6) is -3.41. The molecule has 0 unspecified atom stereocenters. The lowest BCUT2D eigenvalue weighted by Gasteiger charge is -2.37. The predicted octanol–water partition coefficient (Wildman–Crippen LogP) is 4.98. The summed E-state index contributed by atoms with van der Waals surface area (Å²) in [6.07, 6.45) is 2.35. The minimum Gasteiger partial charge on any atom is -0.481 e. The molecule has 8 heteroatoms. The molecule has 0 saturated heterocycles. The number of rotatable bonds is 4. The monoisotopic (exact) mass is 437 g/mol. The Morgan fingerprint density at radius 3 is 2.56 bits per heavy atom. The topological polar surface area (TPSA) is 88.0 Å². The molecule has 4 aromatic rings. The Bertz CT molecular complexity index is 1450. The van der Waals surface area contributed by atoms with E-state index in [9.17, 15) is 23.5 Å². The van der Waals surface area contributed by atoms with Crippen molar-refractivity contribution in [3.63, 3.8) is 0 Å². The third kappa shape index (κ3) is 3.01. The molecule has 1 fully saturated rings. The number of nitrogens with zero attached hydrogens (tertiary/aromatic N) is 2. The van der Waals surface area contributed by atoms with E-state index in [1.807, 2.05) is 19.9 Å². The van der Waals surface area contributed by atoms with Gasteiger partial charge < -0.3 is 9.67 Å². The van der Waals surface area contributed by atoms with Crippen LogP contribution < -0.4 is 5.56 Å². The number of nitrogens with one attached hydrogen (secondary N) is 1. The van der Waals surface area contributed by atoms with Crippen LogP contribution in [0.2, 0.25) is 0 Å². The molecule has 32 heavy (non-hydrogen) atoms. The summed E-state index contributed by atoms with van der Waals surface area (Å²) in [7, 11) is 0. The van der Waals surface area contributed by atoms with Gasteiger partial charge in [0, 0.05) is 28.1 Å². The molecule has 6 nitrogen and oxygen atoms in total. The molecule has 0 spiro atoms. The number of carbonyl (C=O) groups is 1. The molecular weight excluding hydrogens is 416 g/mol. The largest absolute Gasteiger partial charge is 0.481 e. The third-order valence-electron chi connectivity index (χ3n) is 6.40. The van der Waals surface area contributed by atoms with Gasteiger partial charge in [0.05, 0.1) is 17.6 Å². The average Bonchev–Trinajstić information content (AvgIpc) is 3.16. The van der Waals surface area contributed by atoms with Crippen LogP contribution in [-0.4, -0.2) is 25.8 Å². The maximum Gasteiger partial charge on any atom is 0.306 e. The summed E-state index contributed by atoms with van der Waals surface area (Å²) < 4.78 is 29.6. The molecular formula is C24H21F2N3O3. The molecule has 2 heterocycles. The first kappa shape index (κ1) is 20.4. The van der Waals surface area contributed by atoms with Crippen LogP contribution in [-0.2, 0) is 4.79 Å². The summed E-state index contributed by atoms with van der Waals surface area (Å²) in [4.78, 5) is 25.1. The van der Waals surface area contributed by atoms with Crippen molar-refractivity contribution >= 4 is 27.6 Å². The van der Waals surface area contributed by atoms with Gasteiger partial charge in [0.1, 0.15) is 0 Å². The minimum atomic E-state index is -0.970. The van der Waals surface area contributed by atoms with E-state index in [4.69, 9.17) is 0 Å². The molecule has 0 amide bonds. The van der Waals surface area contributed by atoms with Gasteiger partial charge >= 0.3 is 5.97 Å². The lowest BCUT2D eigenvalue weighted by atomic mass is 9.79. The Morgan fingerprint density at radius 2 is 1.91 bits per heavy atom. The molecule has 2 aromatic carbocycles. The number of halogens is 2. The van der Waals surface area contributed by atoms with E-state index in [2.05, 4.69) is 10.2 Å². The number of aromatic amines is 1. The van der Waals surface area contributed by atoms with E-state index in [1.54, 1.807) is 16.8 Å². The molecule has 2 N–H and O–H groups in total. The van der Waals surface area contributed by atoms with Crippen LogP contribution in [0.15, 0.2) is 41.3 Å². The standard InChI is InChI=1S/C24H21F2N3O3/c1-11(2)22-21(12-3-4-18(25)19(26)8-12)16-7-14-10-27-28-20(14)9-17(16)23(30)29(22)15-5-13(6-15)24(31)32/h3-4,7-11,13,15H,5-6H2,1-2H3,(H,27,28)(H,31,32). The van der Waals surface area contributed by atoms with Crippen molar-refractivity contribution in [2.45, 2.75) is 38.6 Å². The van der Waals surface area contributed by atoms with Crippen LogP contribution in [0, 0.1) is 17.6 Å². The van der Waals surface area contributed by atoms with Gasteiger partial charge in [-0.15, -0.1) is 0 Å².